The summed E-state index contributed by atoms with van der Waals surface area (Å²) >= 11 is 5.57. The van der Waals surface area contributed by atoms with Gasteiger partial charge in [0.25, 0.3) is 0 Å². The van der Waals surface area contributed by atoms with Crippen molar-refractivity contribution in [2.45, 2.75) is 11.4 Å². The van der Waals surface area contributed by atoms with E-state index >= 15 is 0 Å². The highest BCUT2D eigenvalue weighted by Crippen LogP contribution is 2.12. The van der Waals surface area contributed by atoms with Crippen LogP contribution in [0.5, 0.6) is 0 Å². The van der Waals surface area contributed by atoms with Crippen molar-refractivity contribution < 1.29 is 17.9 Å². The van der Waals surface area contributed by atoms with Crippen molar-refractivity contribution in [2.75, 3.05) is 12.9 Å². The summed E-state index contributed by atoms with van der Waals surface area (Å²) in [5.74, 6) is -0.918. The van der Waals surface area contributed by atoms with Crippen molar-refractivity contribution in [2.24, 2.45) is 0 Å². The zero-order valence-corrected chi connectivity index (χ0v) is 10.1. The Labute approximate surface area is 98.3 Å². The molecule has 1 aromatic rings. The van der Waals surface area contributed by atoms with Gasteiger partial charge in [-0.25, -0.2) is 13.4 Å². The zero-order valence-electron chi connectivity index (χ0n) is 8.51. The van der Waals surface area contributed by atoms with E-state index in [0.29, 0.717) is 0 Å². The summed E-state index contributed by atoms with van der Waals surface area (Å²) in [4.78, 5) is 14.5. The number of hydrogen-bond acceptors (Lipinski definition) is 5. The molecule has 1 heterocycles. The maximum atomic E-state index is 11.7. The molecule has 0 aliphatic rings. The topological polar surface area (TPSA) is 73.3 Å². The summed E-state index contributed by atoms with van der Waals surface area (Å²) < 4.78 is 27.7. The molecule has 16 heavy (non-hydrogen) atoms. The van der Waals surface area contributed by atoms with E-state index in [4.69, 9.17) is 11.6 Å². The molecule has 0 amide bonds. The zero-order chi connectivity index (χ0) is 12.2. The second kappa shape index (κ2) is 5.27. The van der Waals surface area contributed by atoms with Gasteiger partial charge in [-0.1, -0.05) is 17.7 Å². The summed E-state index contributed by atoms with van der Waals surface area (Å²) in [6.07, 6.45) is -0.201. The number of aromatic nitrogens is 1. The predicted molar refractivity (Wildman–Crippen MR) is 57.9 cm³/mol. The highest BCUT2D eigenvalue weighted by Gasteiger charge is 2.18. The van der Waals surface area contributed by atoms with Gasteiger partial charge in [-0.05, 0) is 12.1 Å². The minimum absolute atomic E-state index is 0.0964. The molecule has 0 radical (unpaired) electrons. The highest BCUT2D eigenvalue weighted by atomic mass is 35.5. The average Bonchev–Trinajstić information content (AvgIpc) is 2.26. The van der Waals surface area contributed by atoms with Crippen LogP contribution in [-0.2, 0) is 19.4 Å². The summed E-state index contributed by atoms with van der Waals surface area (Å²) in [6.45, 7) is 0. The van der Waals surface area contributed by atoms with Gasteiger partial charge < -0.3 is 4.74 Å². The number of carbonyl (C=O) groups is 1. The Morgan fingerprint density at radius 3 is 2.75 bits per heavy atom. The molecule has 1 aromatic heterocycles. The average molecular weight is 264 g/mol. The van der Waals surface area contributed by atoms with Gasteiger partial charge in [-0.2, -0.15) is 0 Å². The lowest BCUT2D eigenvalue weighted by atomic mass is 10.5. The number of pyridine rings is 1. The third-order valence-corrected chi connectivity index (χ3v) is 3.63. The van der Waals surface area contributed by atoms with Crippen LogP contribution >= 0.6 is 11.6 Å². The van der Waals surface area contributed by atoms with E-state index in [2.05, 4.69) is 9.72 Å². The molecule has 0 N–H and O–H groups in total. The maximum absolute atomic E-state index is 11.7. The van der Waals surface area contributed by atoms with E-state index in [-0.39, 0.29) is 22.4 Å². The lowest BCUT2D eigenvalue weighted by Gasteiger charge is -2.02. The Kier molecular flexibility index (Phi) is 4.26. The summed E-state index contributed by atoms with van der Waals surface area (Å²) in [7, 11) is -2.38. The quantitative estimate of drug-likeness (QED) is 0.600. The number of ether oxygens (including phenoxy) is 1. The molecule has 1 rings (SSSR count). The first-order valence-electron chi connectivity index (χ1n) is 4.38. The monoisotopic (exact) mass is 263 g/mol. The molecule has 7 heteroatoms. The van der Waals surface area contributed by atoms with Crippen molar-refractivity contribution in [3.8, 4) is 0 Å². The molecule has 0 bridgehead atoms. The van der Waals surface area contributed by atoms with Crippen molar-refractivity contribution in [3.63, 3.8) is 0 Å². The standard InChI is InChI=1S/C9H10ClNO4S/c1-15-9(12)5-6-16(13,14)8-4-2-3-7(10)11-8/h2-4H,5-6H2,1H3. The fourth-order valence-corrected chi connectivity index (χ4v) is 2.37. The largest absolute Gasteiger partial charge is 0.469 e. The molecule has 0 saturated heterocycles. The van der Waals surface area contributed by atoms with Crippen LogP contribution in [0.4, 0.5) is 0 Å². The first-order chi connectivity index (χ1) is 7.45. The van der Waals surface area contributed by atoms with E-state index in [9.17, 15) is 13.2 Å². The van der Waals surface area contributed by atoms with Gasteiger partial charge in [0.15, 0.2) is 14.9 Å². The summed E-state index contributed by atoms with van der Waals surface area (Å²) in [6, 6.07) is 4.29. The maximum Gasteiger partial charge on any atom is 0.306 e. The van der Waals surface area contributed by atoms with Crippen LogP contribution in [0.3, 0.4) is 0 Å². The number of esters is 1. The van der Waals surface area contributed by atoms with E-state index < -0.39 is 15.8 Å². The molecule has 88 valence electrons. The van der Waals surface area contributed by atoms with E-state index in [1.807, 2.05) is 0 Å². The SMILES string of the molecule is COC(=O)CCS(=O)(=O)c1cccc(Cl)n1. The number of hydrogen-bond donors (Lipinski definition) is 0. The number of sulfone groups is 1. The van der Waals surface area contributed by atoms with Crippen LogP contribution in [0.1, 0.15) is 6.42 Å². The Hall–Kier alpha value is -1.14. The van der Waals surface area contributed by atoms with Crippen molar-refractivity contribution in [3.05, 3.63) is 23.4 Å². The Bertz CT molecular complexity index is 486. The predicted octanol–water partition coefficient (Wildman–Crippen LogP) is 1.07. The Balaban J connectivity index is 2.82. The van der Waals surface area contributed by atoms with Gasteiger partial charge in [0.1, 0.15) is 5.15 Å². The molecule has 0 atom stereocenters. The first-order valence-corrected chi connectivity index (χ1v) is 6.41. The van der Waals surface area contributed by atoms with Crippen LogP contribution in [-0.4, -0.2) is 32.2 Å². The molecular weight excluding hydrogens is 254 g/mol. The molecule has 0 saturated carbocycles. The smallest absolute Gasteiger partial charge is 0.306 e. The van der Waals surface area contributed by atoms with Crippen LogP contribution in [0.25, 0.3) is 0 Å². The van der Waals surface area contributed by atoms with Gasteiger partial charge in [-0.15, -0.1) is 0 Å². The molecule has 0 unspecified atom stereocenters. The van der Waals surface area contributed by atoms with Crippen molar-refractivity contribution in [1.82, 2.24) is 4.98 Å². The van der Waals surface area contributed by atoms with Crippen LogP contribution in [0.2, 0.25) is 5.15 Å². The van der Waals surface area contributed by atoms with Gasteiger partial charge in [0.2, 0.25) is 0 Å². The van der Waals surface area contributed by atoms with Gasteiger partial charge >= 0.3 is 5.97 Å². The first kappa shape index (κ1) is 12.9. The molecule has 0 aliphatic carbocycles. The normalized spacial score (nSPS) is 11.1. The molecule has 5 nitrogen and oxygen atoms in total. The lowest BCUT2D eigenvalue weighted by molar-refractivity contribution is -0.140. The number of nitrogens with zero attached hydrogens (tertiary/aromatic N) is 1. The van der Waals surface area contributed by atoms with Crippen molar-refractivity contribution in [1.29, 1.82) is 0 Å². The second-order valence-electron chi connectivity index (χ2n) is 2.94. The molecule has 0 spiro atoms. The fourth-order valence-electron chi connectivity index (χ4n) is 0.987. The van der Waals surface area contributed by atoms with Gasteiger partial charge in [0, 0.05) is 0 Å². The van der Waals surface area contributed by atoms with Crippen LogP contribution in [0.15, 0.2) is 23.2 Å². The Morgan fingerprint density at radius 1 is 1.50 bits per heavy atom. The van der Waals surface area contributed by atoms with Crippen LogP contribution in [0, 0.1) is 0 Å². The number of carbonyl (C=O) groups excluding carboxylic acids is 1. The summed E-state index contributed by atoms with van der Waals surface area (Å²) in [5, 5.41) is -0.0388. The lowest BCUT2D eigenvalue weighted by Crippen LogP contribution is -2.13. The van der Waals surface area contributed by atoms with Crippen LogP contribution < -0.4 is 0 Å². The van der Waals surface area contributed by atoms with Gasteiger partial charge in [0.05, 0.1) is 19.3 Å². The molecular formula is C9H10ClNO4S. The van der Waals surface area contributed by atoms with E-state index in [0.717, 1.165) is 0 Å². The highest BCUT2D eigenvalue weighted by molar-refractivity contribution is 7.91. The third-order valence-electron chi connectivity index (χ3n) is 1.81. The van der Waals surface area contributed by atoms with Crippen molar-refractivity contribution >= 4 is 27.4 Å². The number of halogens is 1. The minimum atomic E-state index is -3.58. The number of rotatable bonds is 4. The molecule has 0 aliphatic heterocycles. The third kappa shape index (κ3) is 3.46. The molecule has 0 aromatic carbocycles. The second-order valence-corrected chi connectivity index (χ2v) is 5.39. The minimum Gasteiger partial charge on any atom is -0.469 e. The fraction of sp³-hybridized carbons (Fsp3) is 0.333. The van der Waals surface area contributed by atoms with Gasteiger partial charge in [-0.3, -0.25) is 4.79 Å². The number of methoxy groups -OCH3 is 1. The van der Waals surface area contributed by atoms with E-state index in [1.165, 1.54) is 25.3 Å². The molecule has 0 fully saturated rings. The Morgan fingerprint density at radius 2 is 2.19 bits per heavy atom. The summed E-state index contributed by atoms with van der Waals surface area (Å²) in [5.41, 5.74) is 0. The van der Waals surface area contributed by atoms with E-state index in [1.54, 1.807) is 0 Å².